The highest BCUT2D eigenvalue weighted by Crippen LogP contribution is 2.43. The molecule has 1 N–H and O–H groups in total. The SMILES string of the molecule is Cc1cccc(COc2ccc(C(O)=C3C(=O)C(=O)N(c4nccs4)C3c3cccc([N+](=O)[O-])c3)cc2)c1. The fourth-order valence-electron chi connectivity index (χ4n) is 4.32. The van der Waals surface area contributed by atoms with E-state index in [1.54, 1.807) is 35.7 Å². The zero-order valence-electron chi connectivity index (χ0n) is 20.1. The predicted octanol–water partition coefficient (Wildman–Crippen LogP) is 5.57. The van der Waals surface area contributed by atoms with Crippen molar-refractivity contribution in [2.75, 3.05) is 4.90 Å². The summed E-state index contributed by atoms with van der Waals surface area (Å²) >= 11 is 1.14. The van der Waals surface area contributed by atoms with Gasteiger partial charge in [-0.1, -0.05) is 42.0 Å². The van der Waals surface area contributed by atoms with E-state index in [-0.39, 0.29) is 16.4 Å². The van der Waals surface area contributed by atoms with Gasteiger partial charge in [0.25, 0.3) is 11.5 Å². The van der Waals surface area contributed by atoms with Gasteiger partial charge in [-0.15, -0.1) is 11.3 Å². The van der Waals surface area contributed by atoms with Gasteiger partial charge < -0.3 is 9.84 Å². The van der Waals surface area contributed by atoms with Crippen LogP contribution in [0.25, 0.3) is 5.76 Å². The number of nitro groups is 1. The number of rotatable bonds is 7. The molecule has 1 saturated heterocycles. The van der Waals surface area contributed by atoms with E-state index in [0.29, 0.717) is 23.5 Å². The van der Waals surface area contributed by atoms with Gasteiger partial charge in [-0.3, -0.25) is 24.6 Å². The Balaban J connectivity index is 1.52. The van der Waals surface area contributed by atoms with E-state index in [1.165, 1.54) is 24.4 Å². The number of ketones is 1. The molecule has 1 aliphatic heterocycles. The number of amides is 1. The topological polar surface area (TPSA) is 123 Å². The number of aliphatic hydroxyl groups excluding tert-OH is 1. The average Bonchev–Trinajstić information content (AvgIpc) is 3.54. The minimum atomic E-state index is -1.10. The molecular weight excluding hydrogens is 506 g/mol. The van der Waals surface area contributed by atoms with Crippen molar-refractivity contribution in [3.63, 3.8) is 0 Å². The summed E-state index contributed by atoms with van der Waals surface area (Å²) in [6.07, 6.45) is 1.49. The van der Waals surface area contributed by atoms with Crippen molar-refractivity contribution in [3.8, 4) is 5.75 Å². The lowest BCUT2D eigenvalue weighted by atomic mass is 9.95. The number of nitro benzene ring substituents is 1. The summed E-state index contributed by atoms with van der Waals surface area (Å²) in [6.45, 7) is 2.36. The maximum absolute atomic E-state index is 13.2. The Hall–Kier alpha value is -4.83. The number of carbonyl (C=O) groups is 2. The lowest BCUT2D eigenvalue weighted by Gasteiger charge is -2.22. The highest BCUT2D eigenvalue weighted by atomic mass is 32.1. The summed E-state index contributed by atoms with van der Waals surface area (Å²) in [7, 11) is 0. The molecule has 4 aromatic rings. The fourth-order valence-corrected chi connectivity index (χ4v) is 4.99. The Bertz CT molecular complexity index is 1560. The van der Waals surface area contributed by atoms with Crippen LogP contribution in [-0.4, -0.2) is 26.7 Å². The number of hydrogen-bond donors (Lipinski definition) is 1. The Morgan fingerprint density at radius 2 is 1.87 bits per heavy atom. The number of hydrogen-bond acceptors (Lipinski definition) is 8. The molecule has 1 aromatic heterocycles. The number of aliphatic hydroxyl groups is 1. The van der Waals surface area contributed by atoms with E-state index in [2.05, 4.69) is 4.98 Å². The van der Waals surface area contributed by atoms with Gasteiger partial charge in [0.2, 0.25) is 0 Å². The van der Waals surface area contributed by atoms with Crippen LogP contribution in [0.3, 0.4) is 0 Å². The summed E-state index contributed by atoms with van der Waals surface area (Å²) in [5, 5.41) is 24.5. The Morgan fingerprint density at radius 1 is 1.11 bits per heavy atom. The molecule has 5 rings (SSSR count). The lowest BCUT2D eigenvalue weighted by Crippen LogP contribution is -2.29. The zero-order chi connectivity index (χ0) is 26.8. The molecule has 38 heavy (non-hydrogen) atoms. The Kier molecular flexibility index (Phi) is 6.71. The molecule has 9 nitrogen and oxygen atoms in total. The molecule has 0 saturated carbocycles. The van der Waals surface area contributed by atoms with E-state index in [0.717, 1.165) is 27.4 Å². The van der Waals surface area contributed by atoms with E-state index < -0.39 is 28.4 Å². The molecule has 0 aliphatic carbocycles. The van der Waals surface area contributed by atoms with Crippen LogP contribution in [0, 0.1) is 17.0 Å². The minimum Gasteiger partial charge on any atom is -0.507 e. The van der Waals surface area contributed by atoms with E-state index >= 15 is 0 Å². The summed E-state index contributed by atoms with van der Waals surface area (Å²) in [6, 6.07) is 19.0. The number of ether oxygens (including phenoxy) is 1. The van der Waals surface area contributed by atoms with Gasteiger partial charge in [-0.05, 0) is 42.3 Å². The van der Waals surface area contributed by atoms with Crippen LogP contribution in [0.4, 0.5) is 10.8 Å². The van der Waals surface area contributed by atoms with Gasteiger partial charge in [0.15, 0.2) is 5.13 Å². The van der Waals surface area contributed by atoms with Crippen molar-refractivity contribution in [1.29, 1.82) is 0 Å². The molecule has 1 atom stereocenters. The van der Waals surface area contributed by atoms with Gasteiger partial charge in [0.05, 0.1) is 16.5 Å². The summed E-state index contributed by atoms with van der Waals surface area (Å²) < 4.78 is 5.84. The van der Waals surface area contributed by atoms with Crippen LogP contribution in [0.2, 0.25) is 0 Å². The van der Waals surface area contributed by atoms with Crippen molar-refractivity contribution < 1.29 is 24.4 Å². The molecule has 190 valence electrons. The van der Waals surface area contributed by atoms with Crippen LogP contribution in [0.5, 0.6) is 5.75 Å². The summed E-state index contributed by atoms with van der Waals surface area (Å²) in [5.74, 6) is -1.63. The molecule has 10 heteroatoms. The fraction of sp³-hybridized carbons (Fsp3) is 0.107. The third-order valence-corrected chi connectivity index (χ3v) is 6.85. The van der Waals surface area contributed by atoms with Crippen LogP contribution < -0.4 is 9.64 Å². The summed E-state index contributed by atoms with van der Waals surface area (Å²) in [4.78, 5) is 42.5. The number of non-ortho nitro benzene ring substituents is 1. The lowest BCUT2D eigenvalue weighted by molar-refractivity contribution is -0.384. The quantitative estimate of drug-likeness (QED) is 0.110. The normalized spacial score (nSPS) is 16.6. The molecule has 1 fully saturated rings. The first kappa shape index (κ1) is 24.8. The van der Waals surface area contributed by atoms with E-state index in [4.69, 9.17) is 4.74 Å². The minimum absolute atomic E-state index is 0.181. The van der Waals surface area contributed by atoms with Gasteiger partial charge >= 0.3 is 5.91 Å². The number of thiazole rings is 1. The molecule has 0 radical (unpaired) electrons. The second kappa shape index (κ2) is 10.3. The first-order chi connectivity index (χ1) is 18.3. The first-order valence-corrected chi connectivity index (χ1v) is 12.4. The number of carbonyl (C=O) groups excluding carboxylic acids is 2. The third-order valence-electron chi connectivity index (χ3n) is 6.08. The second-order valence-electron chi connectivity index (χ2n) is 8.64. The van der Waals surface area contributed by atoms with E-state index in [1.807, 2.05) is 31.2 Å². The molecular formula is C28H21N3O6S. The maximum atomic E-state index is 13.2. The maximum Gasteiger partial charge on any atom is 0.301 e. The van der Waals surface area contributed by atoms with Crippen molar-refractivity contribution in [1.82, 2.24) is 4.98 Å². The average molecular weight is 528 g/mol. The smallest absolute Gasteiger partial charge is 0.301 e. The number of anilines is 1. The Morgan fingerprint density at radius 3 is 2.55 bits per heavy atom. The number of aryl methyl sites for hydroxylation is 1. The monoisotopic (exact) mass is 527 g/mol. The first-order valence-electron chi connectivity index (χ1n) is 11.6. The predicted molar refractivity (Wildman–Crippen MR) is 142 cm³/mol. The number of Topliss-reactive ketones (excluding diaryl/α,β-unsaturated/α-hetero) is 1. The second-order valence-corrected chi connectivity index (χ2v) is 9.51. The molecule has 1 aliphatic rings. The van der Waals surface area contributed by atoms with Crippen LogP contribution in [-0.2, 0) is 16.2 Å². The molecule has 0 spiro atoms. The van der Waals surface area contributed by atoms with Crippen molar-refractivity contribution in [2.24, 2.45) is 0 Å². The third kappa shape index (κ3) is 4.76. The van der Waals surface area contributed by atoms with Crippen LogP contribution in [0.1, 0.15) is 28.3 Å². The van der Waals surface area contributed by atoms with Gasteiger partial charge in [0, 0.05) is 29.3 Å². The number of aromatic nitrogens is 1. The Labute approximate surface area is 221 Å². The molecule has 1 amide bonds. The molecule has 1 unspecified atom stereocenters. The van der Waals surface area contributed by atoms with E-state index in [9.17, 15) is 24.8 Å². The highest BCUT2D eigenvalue weighted by molar-refractivity contribution is 7.14. The van der Waals surface area contributed by atoms with Crippen molar-refractivity contribution in [3.05, 3.63) is 122 Å². The van der Waals surface area contributed by atoms with Gasteiger partial charge in [-0.2, -0.15) is 0 Å². The highest BCUT2D eigenvalue weighted by Gasteiger charge is 2.48. The van der Waals surface area contributed by atoms with Gasteiger partial charge in [-0.25, -0.2) is 4.98 Å². The largest absolute Gasteiger partial charge is 0.507 e. The van der Waals surface area contributed by atoms with Crippen molar-refractivity contribution in [2.45, 2.75) is 19.6 Å². The molecule has 3 aromatic carbocycles. The zero-order valence-corrected chi connectivity index (χ0v) is 20.9. The van der Waals surface area contributed by atoms with Crippen molar-refractivity contribution >= 4 is 39.6 Å². The summed E-state index contributed by atoms with van der Waals surface area (Å²) in [5.41, 5.74) is 2.34. The van der Waals surface area contributed by atoms with Gasteiger partial charge in [0.1, 0.15) is 18.1 Å². The van der Waals surface area contributed by atoms with Crippen LogP contribution in [0.15, 0.2) is 89.9 Å². The standard InChI is InChI=1S/C28H21N3O6S/c1-17-4-2-5-18(14-17)16-37-22-10-8-19(9-11-22)25(32)23-24(20-6-3-7-21(15-20)31(35)36)30(27(34)26(23)33)28-29-12-13-38-28/h2-15,24,32H,16H2,1H3. The number of nitrogens with zero attached hydrogens (tertiary/aromatic N) is 3. The number of benzene rings is 3. The molecule has 2 heterocycles. The molecule has 0 bridgehead atoms. The van der Waals surface area contributed by atoms with Crippen LogP contribution >= 0.6 is 11.3 Å².